The molecule has 174 valence electrons. The topological polar surface area (TPSA) is 72.0 Å². The van der Waals surface area contributed by atoms with E-state index < -0.39 is 5.67 Å². The van der Waals surface area contributed by atoms with Crippen LogP contribution in [0.15, 0.2) is 60.9 Å². The van der Waals surface area contributed by atoms with E-state index in [1.165, 1.54) is 12.1 Å². The van der Waals surface area contributed by atoms with Crippen molar-refractivity contribution in [3.63, 3.8) is 0 Å². The molecule has 6 nitrogen and oxygen atoms in total. The largest absolute Gasteiger partial charge is 0.437 e. The molecule has 0 spiro atoms. The monoisotopic (exact) mass is 461 g/mol. The van der Waals surface area contributed by atoms with Crippen LogP contribution in [0.5, 0.6) is 11.6 Å². The Bertz CT molecular complexity index is 1340. The van der Waals surface area contributed by atoms with Gasteiger partial charge in [0.25, 0.3) is 0 Å². The third-order valence-corrected chi connectivity index (χ3v) is 5.92. The molecule has 1 fully saturated rings. The summed E-state index contributed by atoms with van der Waals surface area (Å²) in [6.45, 7) is 4.50. The molecule has 0 radical (unpaired) electrons. The summed E-state index contributed by atoms with van der Waals surface area (Å²) in [5.41, 5.74) is 0.927. The lowest BCUT2D eigenvalue weighted by molar-refractivity contribution is 0.137. The molecule has 5 rings (SSSR count). The fraction of sp³-hybridized carbons (Fsp3) is 0.269. The molecule has 0 saturated carbocycles. The van der Waals surface area contributed by atoms with Gasteiger partial charge in [0, 0.05) is 43.3 Å². The Morgan fingerprint density at radius 3 is 2.85 bits per heavy atom. The fourth-order valence-electron chi connectivity index (χ4n) is 4.31. The minimum atomic E-state index is -1.28. The first-order valence-electron chi connectivity index (χ1n) is 11.2. The number of ether oxygens (including phenoxy) is 1. The standard InChI is InChI=1S/C26H25F2N5O/c1-16-5-6-17-12-18(27)7-8-20(17)23(16)34-24-21(4-3-10-30-24)22-9-11-31-25(33-22)32-19-13-26(2,28)15-29-14-19/h3-12,19,29H,13-15H2,1-2H3,(H,31,32,33)/t19-,26-/m0/s1. The Morgan fingerprint density at radius 2 is 2.00 bits per heavy atom. The molecule has 4 aromatic rings. The van der Waals surface area contributed by atoms with Crippen molar-refractivity contribution in [2.45, 2.75) is 32.0 Å². The number of pyridine rings is 1. The summed E-state index contributed by atoms with van der Waals surface area (Å²) in [5, 5.41) is 7.87. The van der Waals surface area contributed by atoms with Gasteiger partial charge in [-0.15, -0.1) is 0 Å². The fourth-order valence-corrected chi connectivity index (χ4v) is 4.31. The zero-order valence-corrected chi connectivity index (χ0v) is 19.0. The zero-order chi connectivity index (χ0) is 23.7. The Balaban J connectivity index is 1.46. The van der Waals surface area contributed by atoms with Gasteiger partial charge in [0.05, 0.1) is 11.3 Å². The molecule has 2 aromatic heterocycles. The van der Waals surface area contributed by atoms with Crippen LogP contribution in [0.3, 0.4) is 0 Å². The number of aromatic nitrogens is 3. The highest BCUT2D eigenvalue weighted by molar-refractivity contribution is 5.90. The summed E-state index contributed by atoms with van der Waals surface area (Å²) < 4.78 is 34.4. The number of halogens is 2. The molecule has 34 heavy (non-hydrogen) atoms. The third-order valence-electron chi connectivity index (χ3n) is 5.92. The molecule has 8 heteroatoms. The second-order valence-electron chi connectivity index (χ2n) is 8.89. The highest BCUT2D eigenvalue weighted by Gasteiger charge is 2.32. The summed E-state index contributed by atoms with van der Waals surface area (Å²) in [6.07, 6.45) is 3.67. The van der Waals surface area contributed by atoms with Crippen molar-refractivity contribution in [1.82, 2.24) is 20.3 Å². The van der Waals surface area contributed by atoms with Gasteiger partial charge in [-0.2, -0.15) is 0 Å². The van der Waals surface area contributed by atoms with E-state index in [1.807, 2.05) is 31.2 Å². The molecule has 1 aliphatic rings. The Morgan fingerprint density at radius 1 is 1.12 bits per heavy atom. The van der Waals surface area contributed by atoms with Crippen LogP contribution in [0.25, 0.3) is 22.0 Å². The van der Waals surface area contributed by atoms with Crippen LogP contribution in [0.1, 0.15) is 18.9 Å². The quantitative estimate of drug-likeness (QED) is 0.413. The van der Waals surface area contributed by atoms with Gasteiger partial charge in [0.1, 0.15) is 17.2 Å². The van der Waals surface area contributed by atoms with Crippen LogP contribution >= 0.6 is 0 Å². The molecular weight excluding hydrogens is 436 g/mol. The second kappa shape index (κ2) is 8.95. The third kappa shape index (κ3) is 4.68. The van der Waals surface area contributed by atoms with Crippen molar-refractivity contribution in [3.05, 3.63) is 72.3 Å². The lowest BCUT2D eigenvalue weighted by atomic mass is 9.95. The molecule has 0 unspecified atom stereocenters. The molecule has 0 amide bonds. The van der Waals surface area contributed by atoms with E-state index in [0.29, 0.717) is 48.3 Å². The van der Waals surface area contributed by atoms with Crippen molar-refractivity contribution in [3.8, 4) is 22.9 Å². The van der Waals surface area contributed by atoms with E-state index in [4.69, 9.17) is 4.74 Å². The summed E-state index contributed by atoms with van der Waals surface area (Å²) in [5.74, 6) is 1.10. The van der Waals surface area contributed by atoms with Gasteiger partial charge in [-0.1, -0.05) is 12.1 Å². The van der Waals surface area contributed by atoms with Crippen molar-refractivity contribution < 1.29 is 13.5 Å². The summed E-state index contributed by atoms with van der Waals surface area (Å²) >= 11 is 0. The molecule has 2 atom stereocenters. The van der Waals surface area contributed by atoms with Gasteiger partial charge in [0.15, 0.2) is 0 Å². The maximum absolute atomic E-state index is 14.4. The van der Waals surface area contributed by atoms with Crippen molar-refractivity contribution >= 4 is 16.7 Å². The van der Waals surface area contributed by atoms with E-state index in [1.54, 1.807) is 31.5 Å². The highest BCUT2D eigenvalue weighted by atomic mass is 19.1. The molecule has 1 saturated heterocycles. The SMILES string of the molecule is Cc1ccc2cc(F)ccc2c1Oc1ncccc1-c1ccnc(N[C@@H]2CNC[C@@](C)(F)C2)n1. The van der Waals surface area contributed by atoms with E-state index in [2.05, 4.69) is 25.6 Å². The minimum absolute atomic E-state index is 0.123. The van der Waals surface area contributed by atoms with Crippen LogP contribution in [0.2, 0.25) is 0 Å². The Labute approximate surface area is 196 Å². The van der Waals surface area contributed by atoms with E-state index in [-0.39, 0.29) is 11.9 Å². The number of nitrogens with one attached hydrogen (secondary N) is 2. The van der Waals surface area contributed by atoms with Crippen LogP contribution in [-0.2, 0) is 0 Å². The van der Waals surface area contributed by atoms with Crippen molar-refractivity contribution in [2.24, 2.45) is 0 Å². The van der Waals surface area contributed by atoms with Crippen LogP contribution in [-0.4, -0.2) is 39.8 Å². The smallest absolute Gasteiger partial charge is 0.228 e. The Kier molecular flexibility index (Phi) is 5.83. The number of benzene rings is 2. The van der Waals surface area contributed by atoms with Crippen molar-refractivity contribution in [2.75, 3.05) is 18.4 Å². The maximum Gasteiger partial charge on any atom is 0.228 e. The first-order valence-corrected chi connectivity index (χ1v) is 11.2. The zero-order valence-electron chi connectivity index (χ0n) is 19.0. The van der Waals surface area contributed by atoms with Crippen LogP contribution in [0, 0.1) is 12.7 Å². The van der Waals surface area contributed by atoms with E-state index in [0.717, 1.165) is 16.3 Å². The predicted molar refractivity (Wildman–Crippen MR) is 128 cm³/mol. The van der Waals surface area contributed by atoms with E-state index >= 15 is 0 Å². The van der Waals surface area contributed by atoms with Crippen LogP contribution < -0.4 is 15.4 Å². The molecule has 1 aliphatic heterocycles. The maximum atomic E-state index is 14.4. The van der Waals surface area contributed by atoms with Gasteiger partial charge in [-0.05, 0) is 61.2 Å². The number of fused-ring (bicyclic) bond motifs is 1. The number of rotatable bonds is 5. The number of anilines is 1. The molecule has 0 aliphatic carbocycles. The second-order valence-corrected chi connectivity index (χ2v) is 8.89. The summed E-state index contributed by atoms with van der Waals surface area (Å²) in [6, 6.07) is 13.7. The molecule has 2 N–H and O–H groups in total. The summed E-state index contributed by atoms with van der Waals surface area (Å²) in [4.78, 5) is 13.4. The molecular formula is C26H25F2N5O. The van der Waals surface area contributed by atoms with Gasteiger partial charge in [-0.3, -0.25) is 0 Å². The number of hydrogen-bond acceptors (Lipinski definition) is 6. The van der Waals surface area contributed by atoms with Crippen LogP contribution in [0.4, 0.5) is 14.7 Å². The average molecular weight is 462 g/mol. The highest BCUT2D eigenvalue weighted by Crippen LogP contribution is 2.36. The van der Waals surface area contributed by atoms with Gasteiger partial charge in [-0.25, -0.2) is 23.7 Å². The predicted octanol–water partition coefficient (Wildman–Crippen LogP) is 5.43. The molecule has 2 aromatic carbocycles. The molecule has 0 bridgehead atoms. The van der Waals surface area contributed by atoms with Crippen molar-refractivity contribution in [1.29, 1.82) is 0 Å². The first-order chi connectivity index (χ1) is 16.4. The normalized spacial score (nSPS) is 20.3. The molecule has 3 heterocycles. The number of piperidine rings is 1. The lowest BCUT2D eigenvalue weighted by Gasteiger charge is -2.33. The number of nitrogens with zero attached hydrogens (tertiary/aromatic N) is 3. The lowest BCUT2D eigenvalue weighted by Crippen LogP contribution is -2.50. The Hall–Kier alpha value is -3.65. The first kappa shape index (κ1) is 22.2. The van der Waals surface area contributed by atoms with E-state index in [9.17, 15) is 8.78 Å². The average Bonchev–Trinajstić information content (AvgIpc) is 2.81. The van der Waals surface area contributed by atoms with Gasteiger partial charge >= 0.3 is 0 Å². The number of alkyl halides is 1. The number of hydrogen-bond donors (Lipinski definition) is 2. The number of aryl methyl sites for hydroxylation is 1. The minimum Gasteiger partial charge on any atom is -0.437 e. The van der Waals surface area contributed by atoms with Gasteiger partial charge in [0.2, 0.25) is 11.8 Å². The van der Waals surface area contributed by atoms with Gasteiger partial charge < -0.3 is 15.4 Å². The summed E-state index contributed by atoms with van der Waals surface area (Å²) in [7, 11) is 0.